The Morgan fingerprint density at radius 1 is 1.06 bits per heavy atom. The molecule has 1 aromatic rings. The number of benzene rings is 1. The number of halogens is 1. The van der Waals surface area contributed by atoms with Crippen LogP contribution in [0.15, 0.2) is 34.1 Å². The van der Waals surface area contributed by atoms with E-state index in [4.69, 9.17) is 0 Å². The minimum atomic E-state index is -3.36. The molecule has 0 bridgehead atoms. The Bertz CT molecular complexity index is 603. The molecule has 18 heavy (non-hydrogen) atoms. The largest absolute Gasteiger partial charge is 0.224 e. The van der Waals surface area contributed by atoms with E-state index in [-0.39, 0.29) is 21.5 Å². The van der Waals surface area contributed by atoms with Gasteiger partial charge in [-0.2, -0.15) is 0 Å². The third kappa shape index (κ3) is 4.07. The maximum Gasteiger partial charge on any atom is 0.178 e. The molecule has 0 saturated heterocycles. The fourth-order valence-electron chi connectivity index (χ4n) is 1.41. The van der Waals surface area contributed by atoms with Crippen LogP contribution in [-0.2, 0) is 19.7 Å². The first kappa shape index (κ1) is 15.7. The third-order valence-corrected chi connectivity index (χ3v) is 6.61. The van der Waals surface area contributed by atoms with Gasteiger partial charge in [-0.05, 0) is 30.2 Å². The Balaban J connectivity index is 3.06. The molecular formula is C11H15BrO4S2. The second kappa shape index (κ2) is 5.71. The number of alkyl halides is 1. The molecule has 0 N–H and O–H groups in total. The highest BCUT2D eigenvalue weighted by atomic mass is 79.9. The first-order valence-electron chi connectivity index (χ1n) is 5.25. The maximum absolute atomic E-state index is 12.0. The highest BCUT2D eigenvalue weighted by Gasteiger charge is 2.18. The standard InChI is InChI=1S/C11H15BrO4S2/c1-9(7-12)8-18(15,16)11-5-3-10(4-6-11)17(2,13)14/h3-6,9H,7-8H2,1-2H3. The van der Waals surface area contributed by atoms with E-state index >= 15 is 0 Å². The van der Waals surface area contributed by atoms with E-state index in [1.54, 1.807) is 0 Å². The fourth-order valence-corrected chi connectivity index (χ4v) is 4.18. The average molecular weight is 355 g/mol. The summed E-state index contributed by atoms with van der Waals surface area (Å²) < 4.78 is 46.5. The summed E-state index contributed by atoms with van der Waals surface area (Å²) in [5.41, 5.74) is 0. The molecular weight excluding hydrogens is 340 g/mol. The topological polar surface area (TPSA) is 68.3 Å². The monoisotopic (exact) mass is 354 g/mol. The molecule has 102 valence electrons. The van der Waals surface area contributed by atoms with Gasteiger partial charge in [0.25, 0.3) is 0 Å². The van der Waals surface area contributed by atoms with Crippen LogP contribution in [0.4, 0.5) is 0 Å². The van der Waals surface area contributed by atoms with Gasteiger partial charge in [0.1, 0.15) is 0 Å². The van der Waals surface area contributed by atoms with E-state index in [0.29, 0.717) is 5.33 Å². The van der Waals surface area contributed by atoms with Gasteiger partial charge in [0.15, 0.2) is 19.7 Å². The SMILES string of the molecule is CC(CBr)CS(=O)(=O)c1ccc(S(C)(=O)=O)cc1. The van der Waals surface area contributed by atoms with Crippen molar-refractivity contribution in [1.29, 1.82) is 0 Å². The minimum absolute atomic E-state index is 0.00424. The van der Waals surface area contributed by atoms with Gasteiger partial charge < -0.3 is 0 Å². The predicted molar refractivity (Wildman–Crippen MR) is 74.6 cm³/mol. The molecule has 0 saturated carbocycles. The van der Waals surface area contributed by atoms with E-state index in [1.807, 2.05) is 6.92 Å². The molecule has 1 aromatic carbocycles. The van der Waals surface area contributed by atoms with E-state index in [1.165, 1.54) is 24.3 Å². The van der Waals surface area contributed by atoms with Crippen molar-refractivity contribution in [2.24, 2.45) is 5.92 Å². The van der Waals surface area contributed by atoms with Crippen molar-refractivity contribution in [3.63, 3.8) is 0 Å². The molecule has 0 aliphatic carbocycles. The highest BCUT2D eigenvalue weighted by molar-refractivity contribution is 9.09. The molecule has 0 aliphatic rings. The van der Waals surface area contributed by atoms with Crippen LogP contribution in [0.5, 0.6) is 0 Å². The summed E-state index contributed by atoms with van der Waals surface area (Å²) in [6.07, 6.45) is 1.09. The van der Waals surface area contributed by atoms with Crippen molar-refractivity contribution >= 4 is 35.6 Å². The van der Waals surface area contributed by atoms with E-state index in [2.05, 4.69) is 15.9 Å². The van der Waals surface area contributed by atoms with Gasteiger partial charge in [-0.3, -0.25) is 0 Å². The van der Waals surface area contributed by atoms with E-state index in [9.17, 15) is 16.8 Å². The third-order valence-electron chi connectivity index (χ3n) is 2.38. The Kier molecular flexibility index (Phi) is 4.97. The molecule has 4 nitrogen and oxygen atoms in total. The summed E-state index contributed by atoms with van der Waals surface area (Å²) in [4.78, 5) is 0.276. The average Bonchev–Trinajstić information content (AvgIpc) is 2.27. The first-order valence-corrected chi connectivity index (χ1v) is 9.92. The smallest absolute Gasteiger partial charge is 0.178 e. The van der Waals surface area contributed by atoms with Crippen LogP contribution in [0.1, 0.15) is 6.92 Å². The Morgan fingerprint density at radius 2 is 1.50 bits per heavy atom. The van der Waals surface area contributed by atoms with E-state index in [0.717, 1.165) is 6.26 Å². The Hall–Kier alpha value is -0.400. The molecule has 0 spiro atoms. The molecule has 7 heteroatoms. The molecule has 0 fully saturated rings. The van der Waals surface area contributed by atoms with Gasteiger partial charge in [0, 0.05) is 11.6 Å². The summed E-state index contributed by atoms with van der Waals surface area (Å²) in [6.45, 7) is 1.83. The lowest BCUT2D eigenvalue weighted by Crippen LogP contribution is -2.15. The predicted octanol–water partition coefficient (Wildman–Crippen LogP) is 1.89. The van der Waals surface area contributed by atoms with Crippen molar-refractivity contribution in [2.45, 2.75) is 16.7 Å². The molecule has 0 radical (unpaired) electrons. The molecule has 0 aromatic heterocycles. The van der Waals surface area contributed by atoms with Gasteiger partial charge in [0.05, 0.1) is 15.5 Å². The summed E-state index contributed by atoms with van der Waals surface area (Å²) in [5.74, 6) is 0.0424. The second-order valence-corrected chi connectivity index (χ2v) is 8.98. The minimum Gasteiger partial charge on any atom is -0.224 e. The van der Waals surface area contributed by atoms with Crippen molar-refractivity contribution < 1.29 is 16.8 Å². The normalized spacial score (nSPS) is 14.4. The Labute approximate surface area is 116 Å². The number of hydrogen-bond donors (Lipinski definition) is 0. The molecule has 1 unspecified atom stereocenters. The van der Waals surface area contributed by atoms with Crippen LogP contribution in [0.2, 0.25) is 0 Å². The van der Waals surface area contributed by atoms with E-state index < -0.39 is 19.7 Å². The molecule has 1 rings (SSSR count). The lowest BCUT2D eigenvalue weighted by Gasteiger charge is -2.09. The van der Waals surface area contributed by atoms with Gasteiger partial charge >= 0.3 is 0 Å². The van der Waals surface area contributed by atoms with Crippen molar-refractivity contribution in [2.75, 3.05) is 17.3 Å². The zero-order valence-electron chi connectivity index (χ0n) is 10.1. The van der Waals surface area contributed by atoms with Crippen LogP contribution in [-0.4, -0.2) is 34.2 Å². The highest BCUT2D eigenvalue weighted by Crippen LogP contribution is 2.18. The summed E-state index contributed by atoms with van der Waals surface area (Å²) in [6, 6.07) is 5.32. The zero-order chi connectivity index (χ0) is 14.0. The summed E-state index contributed by atoms with van der Waals surface area (Å²) >= 11 is 3.23. The quantitative estimate of drug-likeness (QED) is 0.757. The van der Waals surface area contributed by atoms with Gasteiger partial charge in [-0.25, -0.2) is 16.8 Å². The van der Waals surface area contributed by atoms with Gasteiger partial charge in [0.2, 0.25) is 0 Å². The number of hydrogen-bond acceptors (Lipinski definition) is 4. The van der Waals surface area contributed by atoms with Crippen LogP contribution in [0, 0.1) is 5.92 Å². The van der Waals surface area contributed by atoms with Crippen molar-refractivity contribution in [3.8, 4) is 0 Å². The van der Waals surface area contributed by atoms with Crippen LogP contribution in [0.25, 0.3) is 0 Å². The van der Waals surface area contributed by atoms with Crippen LogP contribution < -0.4 is 0 Å². The lowest BCUT2D eigenvalue weighted by molar-refractivity contribution is 0.583. The zero-order valence-corrected chi connectivity index (χ0v) is 13.3. The molecule has 1 atom stereocenters. The first-order chi connectivity index (χ1) is 8.16. The molecule has 0 amide bonds. The molecule has 0 aliphatic heterocycles. The van der Waals surface area contributed by atoms with Crippen LogP contribution >= 0.6 is 15.9 Å². The molecule has 0 heterocycles. The summed E-state index contributed by atoms with van der Waals surface area (Å²) in [5, 5.41) is 0.605. The summed E-state index contributed by atoms with van der Waals surface area (Å²) in [7, 11) is -6.65. The second-order valence-electron chi connectivity index (χ2n) is 4.28. The fraction of sp³-hybridized carbons (Fsp3) is 0.455. The van der Waals surface area contributed by atoms with Crippen molar-refractivity contribution in [3.05, 3.63) is 24.3 Å². The number of rotatable bonds is 5. The lowest BCUT2D eigenvalue weighted by atomic mass is 10.3. The maximum atomic E-state index is 12.0. The van der Waals surface area contributed by atoms with Gasteiger partial charge in [-0.15, -0.1) is 0 Å². The Morgan fingerprint density at radius 3 is 1.89 bits per heavy atom. The number of sulfone groups is 2. The van der Waals surface area contributed by atoms with Crippen molar-refractivity contribution in [1.82, 2.24) is 0 Å². The van der Waals surface area contributed by atoms with Gasteiger partial charge in [-0.1, -0.05) is 22.9 Å². The van der Waals surface area contributed by atoms with Crippen LogP contribution in [0.3, 0.4) is 0 Å².